The lowest BCUT2D eigenvalue weighted by Gasteiger charge is -2.31. The molecule has 2 amide bonds. The fourth-order valence-corrected chi connectivity index (χ4v) is 2.69. The third kappa shape index (κ3) is 4.19. The van der Waals surface area contributed by atoms with Crippen LogP contribution in [0.4, 0.5) is 9.18 Å². The van der Waals surface area contributed by atoms with Crippen molar-refractivity contribution in [1.29, 1.82) is 0 Å². The largest absolute Gasteiger partial charge is 0.450 e. The number of halogens is 2. The average Bonchev–Trinajstić information content (AvgIpc) is 2.48. The number of hydrogen-bond acceptors (Lipinski definition) is 3. The van der Waals surface area contributed by atoms with Crippen LogP contribution in [0.5, 0.6) is 0 Å². The molecule has 1 heterocycles. The van der Waals surface area contributed by atoms with Gasteiger partial charge in [-0.3, -0.25) is 4.79 Å². The molecule has 1 aromatic carbocycles. The zero-order valence-corrected chi connectivity index (χ0v) is 13.9. The smallest absolute Gasteiger partial charge is 0.409 e. The van der Waals surface area contributed by atoms with Crippen molar-refractivity contribution in [3.8, 4) is 0 Å². The molecule has 120 valence electrons. The van der Waals surface area contributed by atoms with Crippen LogP contribution in [0.15, 0.2) is 22.7 Å². The van der Waals surface area contributed by atoms with Crippen LogP contribution in [0.25, 0.3) is 0 Å². The molecule has 1 aliphatic rings. The van der Waals surface area contributed by atoms with Gasteiger partial charge >= 0.3 is 6.09 Å². The highest BCUT2D eigenvalue weighted by Gasteiger charge is 2.25. The van der Waals surface area contributed by atoms with Gasteiger partial charge in [-0.1, -0.05) is 15.9 Å². The molecule has 1 fully saturated rings. The van der Waals surface area contributed by atoms with E-state index in [1.54, 1.807) is 17.9 Å². The Balaban J connectivity index is 1.88. The number of carbonyl (C=O) groups is 2. The topological polar surface area (TPSA) is 58.6 Å². The molecule has 0 radical (unpaired) electrons. The van der Waals surface area contributed by atoms with Crippen molar-refractivity contribution in [1.82, 2.24) is 10.2 Å². The second kappa shape index (κ2) is 7.58. The van der Waals surface area contributed by atoms with E-state index >= 15 is 0 Å². The number of nitrogens with one attached hydrogen (secondary N) is 1. The van der Waals surface area contributed by atoms with Crippen molar-refractivity contribution >= 4 is 27.9 Å². The first-order chi connectivity index (χ1) is 10.5. The highest BCUT2D eigenvalue weighted by molar-refractivity contribution is 9.10. The lowest BCUT2D eigenvalue weighted by molar-refractivity contribution is 0.0857. The fraction of sp³-hybridized carbons (Fsp3) is 0.467. The van der Waals surface area contributed by atoms with Crippen molar-refractivity contribution < 1.29 is 18.7 Å². The summed E-state index contributed by atoms with van der Waals surface area (Å²) in [4.78, 5) is 25.3. The van der Waals surface area contributed by atoms with Crippen molar-refractivity contribution in [3.05, 3.63) is 34.1 Å². The van der Waals surface area contributed by atoms with Gasteiger partial charge in [-0.2, -0.15) is 0 Å². The third-order valence-corrected chi connectivity index (χ3v) is 4.03. The first kappa shape index (κ1) is 16.7. The maximum Gasteiger partial charge on any atom is 0.409 e. The molecule has 0 unspecified atom stereocenters. The van der Waals surface area contributed by atoms with Gasteiger partial charge in [0.1, 0.15) is 5.82 Å². The van der Waals surface area contributed by atoms with Gasteiger partial charge in [0.25, 0.3) is 5.91 Å². The summed E-state index contributed by atoms with van der Waals surface area (Å²) in [7, 11) is 0. The molecule has 5 nitrogen and oxygen atoms in total. The second-order valence-electron chi connectivity index (χ2n) is 5.06. The number of ether oxygens (including phenoxy) is 1. The summed E-state index contributed by atoms with van der Waals surface area (Å²) in [5, 5.41) is 2.81. The Morgan fingerprint density at radius 1 is 1.41 bits per heavy atom. The van der Waals surface area contributed by atoms with Crippen molar-refractivity contribution in [2.45, 2.75) is 25.8 Å². The highest BCUT2D eigenvalue weighted by atomic mass is 79.9. The number of likely N-dealkylation sites (tertiary alicyclic amines) is 1. The monoisotopic (exact) mass is 372 g/mol. The Morgan fingerprint density at radius 3 is 2.68 bits per heavy atom. The number of amides is 2. The quantitative estimate of drug-likeness (QED) is 0.887. The maximum atomic E-state index is 13.7. The van der Waals surface area contributed by atoms with Gasteiger partial charge in [0.2, 0.25) is 0 Å². The molecule has 1 aliphatic heterocycles. The number of nitrogens with zero attached hydrogens (tertiary/aromatic N) is 1. The summed E-state index contributed by atoms with van der Waals surface area (Å²) in [5.41, 5.74) is 0.0241. The minimum atomic E-state index is -0.559. The lowest BCUT2D eigenvalue weighted by Crippen LogP contribution is -2.46. The molecule has 0 spiro atoms. The lowest BCUT2D eigenvalue weighted by atomic mass is 10.0. The molecule has 7 heteroatoms. The Bertz CT molecular complexity index is 560. The highest BCUT2D eigenvalue weighted by Crippen LogP contribution is 2.17. The zero-order chi connectivity index (χ0) is 16.1. The van der Waals surface area contributed by atoms with E-state index in [1.165, 1.54) is 12.1 Å². The van der Waals surface area contributed by atoms with Crippen LogP contribution in [0, 0.1) is 5.82 Å². The Kier molecular flexibility index (Phi) is 5.76. The molecule has 0 aromatic heterocycles. The first-order valence-electron chi connectivity index (χ1n) is 7.19. The van der Waals surface area contributed by atoms with Gasteiger partial charge < -0.3 is 15.0 Å². The van der Waals surface area contributed by atoms with Gasteiger partial charge in [-0.05, 0) is 38.0 Å². The van der Waals surface area contributed by atoms with Crippen molar-refractivity contribution in [2.24, 2.45) is 0 Å². The standard InChI is InChI=1S/C15H18BrFN2O3/c1-2-22-15(21)19-7-5-11(6-8-19)18-14(20)12-4-3-10(16)9-13(12)17/h3-4,9,11H,2,5-8H2,1H3,(H,18,20). The summed E-state index contributed by atoms with van der Waals surface area (Å²) in [6.45, 7) is 3.15. The minimum absolute atomic E-state index is 0.0241. The Hall–Kier alpha value is -1.63. The summed E-state index contributed by atoms with van der Waals surface area (Å²) in [6, 6.07) is 4.27. The normalized spacial score (nSPS) is 15.5. The molecule has 0 saturated carbocycles. The molecule has 1 aromatic rings. The van der Waals surface area contributed by atoms with Crippen LogP contribution in [0.3, 0.4) is 0 Å². The minimum Gasteiger partial charge on any atom is -0.450 e. The summed E-state index contributed by atoms with van der Waals surface area (Å²) < 4.78 is 19.3. The second-order valence-corrected chi connectivity index (χ2v) is 5.97. The number of carbonyl (C=O) groups excluding carboxylic acids is 2. The van der Waals surface area contributed by atoms with Crippen LogP contribution in [-0.4, -0.2) is 42.6 Å². The van der Waals surface area contributed by atoms with E-state index in [1.807, 2.05) is 0 Å². The van der Waals surface area contributed by atoms with Gasteiger partial charge in [0, 0.05) is 23.6 Å². The number of rotatable bonds is 3. The predicted molar refractivity (Wildman–Crippen MR) is 83.2 cm³/mol. The van der Waals surface area contributed by atoms with Crippen molar-refractivity contribution in [2.75, 3.05) is 19.7 Å². The number of piperidine rings is 1. The van der Waals surface area contributed by atoms with Crippen LogP contribution < -0.4 is 5.32 Å². The van der Waals surface area contributed by atoms with Crippen LogP contribution >= 0.6 is 15.9 Å². The average molecular weight is 373 g/mol. The van der Waals surface area contributed by atoms with Crippen LogP contribution in [-0.2, 0) is 4.74 Å². The maximum absolute atomic E-state index is 13.7. The van der Waals surface area contributed by atoms with Crippen molar-refractivity contribution in [3.63, 3.8) is 0 Å². The van der Waals surface area contributed by atoms with Gasteiger partial charge in [0.05, 0.1) is 12.2 Å². The SMILES string of the molecule is CCOC(=O)N1CCC(NC(=O)c2ccc(Br)cc2F)CC1. The van der Waals surface area contributed by atoms with E-state index in [0.717, 1.165) is 0 Å². The van der Waals surface area contributed by atoms with Gasteiger partial charge in [0.15, 0.2) is 0 Å². The fourth-order valence-electron chi connectivity index (χ4n) is 2.36. The predicted octanol–water partition coefficient (Wildman–Crippen LogP) is 2.94. The number of benzene rings is 1. The molecule has 0 aliphatic carbocycles. The molecule has 1 saturated heterocycles. The summed E-state index contributed by atoms with van der Waals surface area (Å²) >= 11 is 3.16. The summed E-state index contributed by atoms with van der Waals surface area (Å²) in [6.07, 6.45) is 0.928. The molecule has 1 N–H and O–H groups in total. The van der Waals surface area contributed by atoms with Crippen LogP contribution in [0.2, 0.25) is 0 Å². The molecule has 0 bridgehead atoms. The molecule has 2 rings (SSSR count). The summed E-state index contributed by atoms with van der Waals surface area (Å²) in [5.74, 6) is -0.990. The molecular weight excluding hydrogens is 355 g/mol. The van der Waals surface area contributed by atoms with E-state index in [4.69, 9.17) is 4.74 Å². The molecule has 0 atom stereocenters. The van der Waals surface area contributed by atoms with E-state index in [-0.39, 0.29) is 17.7 Å². The van der Waals surface area contributed by atoms with Crippen LogP contribution in [0.1, 0.15) is 30.1 Å². The third-order valence-electron chi connectivity index (χ3n) is 3.53. The molecule has 22 heavy (non-hydrogen) atoms. The Morgan fingerprint density at radius 2 is 2.09 bits per heavy atom. The van der Waals surface area contributed by atoms with E-state index in [2.05, 4.69) is 21.2 Å². The van der Waals surface area contributed by atoms with E-state index in [0.29, 0.717) is 37.0 Å². The number of hydrogen-bond donors (Lipinski definition) is 1. The molecular formula is C15H18BrFN2O3. The van der Waals surface area contributed by atoms with Gasteiger partial charge in [-0.15, -0.1) is 0 Å². The van der Waals surface area contributed by atoms with E-state index < -0.39 is 11.7 Å². The van der Waals surface area contributed by atoms with E-state index in [9.17, 15) is 14.0 Å². The first-order valence-corrected chi connectivity index (χ1v) is 7.98. The van der Waals surface area contributed by atoms with Gasteiger partial charge in [-0.25, -0.2) is 9.18 Å². The Labute approximate surface area is 136 Å². The zero-order valence-electron chi connectivity index (χ0n) is 12.3.